The lowest BCUT2D eigenvalue weighted by atomic mass is 9.87. The average Bonchev–Trinajstić information content (AvgIpc) is 3.31. The summed E-state index contributed by atoms with van der Waals surface area (Å²) in [6.07, 6.45) is 7.90. The number of ether oxygens (including phenoxy) is 1. The number of likely N-dealkylation sites (tertiary alicyclic amines) is 1. The Morgan fingerprint density at radius 3 is 3.04 bits per heavy atom. The van der Waals surface area contributed by atoms with Crippen LogP contribution in [0.15, 0.2) is 35.4 Å². The van der Waals surface area contributed by atoms with Crippen LogP contribution >= 0.6 is 0 Å². The molecule has 2 aliphatic heterocycles. The van der Waals surface area contributed by atoms with E-state index in [9.17, 15) is 4.79 Å². The van der Waals surface area contributed by atoms with Crippen molar-refractivity contribution in [1.82, 2.24) is 19.4 Å². The van der Waals surface area contributed by atoms with Crippen molar-refractivity contribution in [3.05, 3.63) is 42.4 Å². The predicted octanol–water partition coefficient (Wildman–Crippen LogP) is 1.38. The van der Waals surface area contributed by atoms with E-state index in [4.69, 9.17) is 9.15 Å². The topological polar surface area (TPSA) is 63.7 Å². The van der Waals surface area contributed by atoms with Crippen LogP contribution in [0.4, 0.5) is 0 Å². The maximum absolute atomic E-state index is 12.7. The molecule has 0 N–H and O–H groups in total. The molecule has 1 atom stereocenters. The van der Waals surface area contributed by atoms with Gasteiger partial charge in [0.2, 0.25) is 0 Å². The Morgan fingerprint density at radius 2 is 2.28 bits per heavy atom. The highest BCUT2D eigenvalue weighted by molar-refractivity contribution is 5.93. The van der Waals surface area contributed by atoms with Gasteiger partial charge in [-0.3, -0.25) is 9.69 Å². The van der Waals surface area contributed by atoms with E-state index >= 15 is 0 Å². The Hall–Kier alpha value is -2.12. The lowest BCUT2D eigenvalue weighted by Gasteiger charge is -2.31. The molecular formula is C18H24N4O3. The lowest BCUT2D eigenvalue weighted by Crippen LogP contribution is -2.43. The van der Waals surface area contributed by atoms with E-state index in [1.807, 2.05) is 24.3 Å². The van der Waals surface area contributed by atoms with Crippen LogP contribution in [-0.4, -0.2) is 64.7 Å². The summed E-state index contributed by atoms with van der Waals surface area (Å²) in [4.78, 5) is 21.5. The molecule has 4 rings (SSSR count). The number of imidazole rings is 1. The highest BCUT2D eigenvalue weighted by Gasteiger charge is 2.42. The van der Waals surface area contributed by atoms with Gasteiger partial charge in [-0.1, -0.05) is 0 Å². The fourth-order valence-electron chi connectivity index (χ4n) is 3.89. The molecule has 0 saturated carbocycles. The lowest BCUT2D eigenvalue weighted by molar-refractivity contribution is 0.0642. The normalized spacial score (nSPS) is 24.8. The van der Waals surface area contributed by atoms with E-state index in [1.165, 1.54) is 6.26 Å². The van der Waals surface area contributed by atoms with Crippen LogP contribution < -0.4 is 0 Å². The summed E-state index contributed by atoms with van der Waals surface area (Å²) >= 11 is 0. The third-order valence-corrected chi connectivity index (χ3v) is 5.30. The maximum Gasteiger partial charge on any atom is 0.257 e. The molecular weight excluding hydrogens is 320 g/mol. The number of rotatable bonds is 3. The highest BCUT2D eigenvalue weighted by Crippen LogP contribution is 2.34. The van der Waals surface area contributed by atoms with Crippen LogP contribution in [0.25, 0.3) is 0 Å². The van der Waals surface area contributed by atoms with Gasteiger partial charge in [-0.25, -0.2) is 4.98 Å². The Bertz CT molecular complexity index is 727. The molecule has 1 spiro atoms. The van der Waals surface area contributed by atoms with E-state index < -0.39 is 0 Å². The minimum Gasteiger partial charge on any atom is -0.472 e. The monoisotopic (exact) mass is 344 g/mol. The molecule has 2 aromatic rings. The number of aryl methyl sites for hydroxylation is 1. The summed E-state index contributed by atoms with van der Waals surface area (Å²) in [7, 11) is 2.02. The predicted molar refractivity (Wildman–Crippen MR) is 91.0 cm³/mol. The average molecular weight is 344 g/mol. The molecule has 25 heavy (non-hydrogen) atoms. The number of aromatic nitrogens is 2. The molecule has 2 aliphatic rings. The number of amides is 1. The SMILES string of the molecule is Cn1ccnc1CN1CC[C@@]2(COCCN(C(=O)c3ccoc3)C2)C1. The van der Waals surface area contributed by atoms with Gasteiger partial charge in [0.15, 0.2) is 0 Å². The van der Waals surface area contributed by atoms with E-state index in [2.05, 4.69) is 14.5 Å². The zero-order valence-electron chi connectivity index (χ0n) is 14.6. The molecule has 2 aromatic heterocycles. The van der Waals surface area contributed by atoms with Crippen molar-refractivity contribution >= 4 is 5.91 Å². The second-order valence-corrected chi connectivity index (χ2v) is 7.21. The molecule has 7 heteroatoms. The molecule has 0 unspecified atom stereocenters. The quantitative estimate of drug-likeness (QED) is 0.842. The van der Waals surface area contributed by atoms with Crippen molar-refractivity contribution in [3.63, 3.8) is 0 Å². The van der Waals surface area contributed by atoms with Crippen molar-refractivity contribution < 1.29 is 13.9 Å². The molecule has 7 nitrogen and oxygen atoms in total. The summed E-state index contributed by atoms with van der Waals surface area (Å²) < 4.78 is 13.0. The molecule has 2 saturated heterocycles. The minimum atomic E-state index is 0.00105. The number of carbonyl (C=O) groups is 1. The zero-order valence-corrected chi connectivity index (χ0v) is 14.6. The van der Waals surface area contributed by atoms with Gasteiger partial charge >= 0.3 is 0 Å². The third kappa shape index (κ3) is 3.34. The van der Waals surface area contributed by atoms with Gasteiger partial charge in [0, 0.05) is 44.5 Å². The fourth-order valence-corrected chi connectivity index (χ4v) is 3.89. The van der Waals surface area contributed by atoms with Crippen molar-refractivity contribution in [2.75, 3.05) is 39.4 Å². The second-order valence-electron chi connectivity index (χ2n) is 7.21. The first-order valence-electron chi connectivity index (χ1n) is 8.73. The molecule has 2 fully saturated rings. The van der Waals surface area contributed by atoms with Gasteiger partial charge in [0.25, 0.3) is 5.91 Å². The van der Waals surface area contributed by atoms with E-state index in [0.29, 0.717) is 25.3 Å². The first kappa shape index (κ1) is 16.4. The van der Waals surface area contributed by atoms with Crippen LogP contribution in [-0.2, 0) is 18.3 Å². The highest BCUT2D eigenvalue weighted by atomic mass is 16.5. The van der Waals surface area contributed by atoms with Gasteiger partial charge in [0.05, 0.1) is 31.6 Å². The third-order valence-electron chi connectivity index (χ3n) is 5.30. The molecule has 0 bridgehead atoms. The van der Waals surface area contributed by atoms with Crippen molar-refractivity contribution in [2.45, 2.75) is 13.0 Å². The van der Waals surface area contributed by atoms with Crippen LogP contribution in [0, 0.1) is 5.41 Å². The van der Waals surface area contributed by atoms with Gasteiger partial charge in [-0.05, 0) is 19.0 Å². The second kappa shape index (κ2) is 6.65. The number of furan rings is 1. The Morgan fingerprint density at radius 1 is 1.36 bits per heavy atom. The van der Waals surface area contributed by atoms with Crippen molar-refractivity contribution in [3.8, 4) is 0 Å². The summed E-state index contributed by atoms with van der Waals surface area (Å²) in [5.74, 6) is 1.10. The van der Waals surface area contributed by atoms with Gasteiger partial charge in [-0.15, -0.1) is 0 Å². The maximum atomic E-state index is 12.7. The molecule has 0 aromatic carbocycles. The number of hydrogen-bond donors (Lipinski definition) is 0. The molecule has 1 amide bonds. The Labute approximate surface area is 147 Å². The number of carbonyl (C=O) groups excluding carboxylic acids is 1. The van der Waals surface area contributed by atoms with E-state index in [0.717, 1.165) is 38.4 Å². The van der Waals surface area contributed by atoms with Gasteiger partial charge < -0.3 is 18.6 Å². The summed E-state index contributed by atoms with van der Waals surface area (Å²) in [6, 6.07) is 1.72. The smallest absolute Gasteiger partial charge is 0.257 e. The standard InChI is InChI=1S/C18H24N4O3/c1-20-6-4-19-16(20)10-21-5-3-18(12-21)13-22(7-9-25-14-18)17(23)15-2-8-24-11-15/h2,4,6,8,11H,3,5,7,9-10,12-14H2,1H3/t18-/m1/s1. The summed E-state index contributed by atoms with van der Waals surface area (Å²) in [5, 5.41) is 0. The fraction of sp³-hybridized carbons (Fsp3) is 0.556. The van der Waals surface area contributed by atoms with E-state index in [-0.39, 0.29) is 11.3 Å². The molecule has 0 radical (unpaired) electrons. The Kier molecular flexibility index (Phi) is 4.35. The molecule has 0 aliphatic carbocycles. The van der Waals surface area contributed by atoms with Crippen LogP contribution in [0.1, 0.15) is 22.6 Å². The van der Waals surface area contributed by atoms with E-state index in [1.54, 1.807) is 12.3 Å². The first-order chi connectivity index (χ1) is 12.2. The largest absolute Gasteiger partial charge is 0.472 e. The number of nitrogens with zero attached hydrogens (tertiary/aromatic N) is 4. The summed E-state index contributed by atoms with van der Waals surface area (Å²) in [6.45, 7) is 5.42. The molecule has 134 valence electrons. The van der Waals surface area contributed by atoms with Crippen LogP contribution in [0.2, 0.25) is 0 Å². The summed E-state index contributed by atoms with van der Waals surface area (Å²) in [5.41, 5.74) is 0.612. The zero-order chi connectivity index (χ0) is 17.3. The Balaban J connectivity index is 1.45. The van der Waals surface area contributed by atoms with Crippen LogP contribution in [0.3, 0.4) is 0 Å². The van der Waals surface area contributed by atoms with Gasteiger partial charge in [0.1, 0.15) is 12.1 Å². The molecule has 4 heterocycles. The van der Waals surface area contributed by atoms with Crippen molar-refractivity contribution in [1.29, 1.82) is 0 Å². The van der Waals surface area contributed by atoms with Crippen LogP contribution in [0.5, 0.6) is 0 Å². The van der Waals surface area contributed by atoms with Crippen molar-refractivity contribution in [2.24, 2.45) is 12.5 Å². The van der Waals surface area contributed by atoms with Gasteiger partial charge in [-0.2, -0.15) is 0 Å². The first-order valence-corrected chi connectivity index (χ1v) is 8.73. The minimum absolute atomic E-state index is 0.00105. The number of hydrogen-bond acceptors (Lipinski definition) is 5.